The molecular formula is C24H24B3N7O5S. The number of rotatable bonds is 12. The van der Waals surface area contributed by atoms with Gasteiger partial charge in [-0.3, -0.25) is 14.4 Å². The molecule has 1 aliphatic carbocycles. The highest BCUT2D eigenvalue weighted by Gasteiger charge is 2.30. The highest BCUT2D eigenvalue weighted by atomic mass is 32.1. The Kier molecular flexibility index (Phi) is 9.10. The minimum Gasteiger partial charge on any atom is -0.494 e. The standard InChI is InChI=1S/C24H24B3N7O5S/c1-38-9-8-28-21(36)16-11-29-23(40-16)13-4-3-5-14(19(13)39-2)30-15-10-17(31-20(35)12-6-7-12)33-34-18(15)22(37)32-24(25,26)27/h3-5,10-12H,6-9H2,1-2H3,(H,28,36)(H,32,37)(H2,30,31,33,35). The minimum absolute atomic E-state index is 0.0736. The maximum Gasteiger partial charge on any atom is 0.272 e. The maximum absolute atomic E-state index is 12.9. The third kappa shape index (κ3) is 7.39. The fourth-order valence-electron chi connectivity index (χ4n) is 3.57. The van der Waals surface area contributed by atoms with Gasteiger partial charge in [0.1, 0.15) is 9.88 Å². The first-order valence-electron chi connectivity index (χ1n) is 12.1. The summed E-state index contributed by atoms with van der Waals surface area (Å²) in [5.74, 6) is -0.829. The van der Waals surface area contributed by atoms with E-state index in [4.69, 9.17) is 33.0 Å². The van der Waals surface area contributed by atoms with E-state index < -0.39 is 11.1 Å². The van der Waals surface area contributed by atoms with Crippen LogP contribution >= 0.6 is 11.3 Å². The number of methoxy groups -OCH3 is 2. The lowest BCUT2D eigenvalue weighted by molar-refractivity contribution is -0.117. The van der Waals surface area contributed by atoms with E-state index in [9.17, 15) is 14.4 Å². The Bertz CT molecular complexity index is 1410. The van der Waals surface area contributed by atoms with Crippen LogP contribution in [0, 0.1) is 5.92 Å². The molecule has 200 valence electrons. The zero-order chi connectivity index (χ0) is 28.9. The molecule has 4 rings (SSSR count). The van der Waals surface area contributed by atoms with E-state index in [0.29, 0.717) is 40.0 Å². The second-order valence-electron chi connectivity index (χ2n) is 8.93. The number of hydrogen-bond donors (Lipinski definition) is 4. The summed E-state index contributed by atoms with van der Waals surface area (Å²) in [7, 11) is 19.6. The Labute approximate surface area is 238 Å². The Morgan fingerprint density at radius 2 is 1.88 bits per heavy atom. The molecule has 40 heavy (non-hydrogen) atoms. The summed E-state index contributed by atoms with van der Waals surface area (Å²) in [5, 5.41) is 17.2. The van der Waals surface area contributed by atoms with Crippen LogP contribution in [-0.4, -0.2) is 89.0 Å². The number of hydrogen-bond acceptors (Lipinski definition) is 10. The van der Waals surface area contributed by atoms with E-state index in [1.807, 2.05) is 0 Å². The molecular weight excluding hydrogens is 531 g/mol. The number of thiazole rings is 1. The number of anilines is 3. The van der Waals surface area contributed by atoms with E-state index in [1.54, 1.807) is 25.3 Å². The molecule has 0 saturated heterocycles. The average Bonchev–Trinajstić information content (AvgIpc) is 3.64. The van der Waals surface area contributed by atoms with Crippen LogP contribution in [0.25, 0.3) is 10.6 Å². The molecule has 2 heterocycles. The van der Waals surface area contributed by atoms with E-state index in [0.717, 1.165) is 12.8 Å². The molecule has 16 heteroatoms. The van der Waals surface area contributed by atoms with Crippen LogP contribution in [0.3, 0.4) is 0 Å². The van der Waals surface area contributed by atoms with Gasteiger partial charge in [0.05, 0.1) is 60.4 Å². The van der Waals surface area contributed by atoms with Crippen LogP contribution in [0.2, 0.25) is 0 Å². The molecule has 12 nitrogen and oxygen atoms in total. The van der Waals surface area contributed by atoms with Crippen molar-refractivity contribution in [1.29, 1.82) is 0 Å². The van der Waals surface area contributed by atoms with E-state index in [-0.39, 0.29) is 34.9 Å². The Balaban J connectivity index is 1.66. The first kappa shape index (κ1) is 29.1. The van der Waals surface area contributed by atoms with Gasteiger partial charge in [0.25, 0.3) is 11.8 Å². The smallest absolute Gasteiger partial charge is 0.272 e. The first-order valence-corrected chi connectivity index (χ1v) is 13.0. The largest absolute Gasteiger partial charge is 0.494 e. The van der Waals surface area contributed by atoms with Crippen molar-refractivity contribution in [3.63, 3.8) is 0 Å². The molecule has 4 N–H and O–H groups in total. The molecule has 1 saturated carbocycles. The molecule has 2 aromatic heterocycles. The highest BCUT2D eigenvalue weighted by molar-refractivity contribution is 7.17. The summed E-state index contributed by atoms with van der Waals surface area (Å²) in [4.78, 5) is 42.4. The summed E-state index contributed by atoms with van der Waals surface area (Å²) in [6.45, 7) is 0.751. The second kappa shape index (κ2) is 12.5. The number of ether oxygens (including phenoxy) is 2. The zero-order valence-corrected chi connectivity index (χ0v) is 22.6. The lowest BCUT2D eigenvalue weighted by Gasteiger charge is -2.23. The Morgan fingerprint density at radius 3 is 2.55 bits per heavy atom. The molecule has 6 radical (unpaired) electrons. The summed E-state index contributed by atoms with van der Waals surface area (Å²) >= 11 is 1.18. The molecule has 1 aliphatic rings. The minimum atomic E-state index is -2.01. The summed E-state index contributed by atoms with van der Waals surface area (Å²) in [6, 6.07) is 6.68. The van der Waals surface area contributed by atoms with Crippen LogP contribution in [0.5, 0.6) is 5.75 Å². The normalized spacial score (nSPS) is 12.8. The first-order chi connectivity index (χ1) is 19.1. The second-order valence-corrected chi connectivity index (χ2v) is 9.96. The molecule has 3 aromatic rings. The van der Waals surface area contributed by atoms with Crippen LogP contribution in [0.15, 0.2) is 30.5 Å². The van der Waals surface area contributed by atoms with Gasteiger partial charge >= 0.3 is 0 Å². The van der Waals surface area contributed by atoms with Crippen LogP contribution in [0.1, 0.15) is 33.0 Å². The van der Waals surface area contributed by atoms with Crippen molar-refractivity contribution >= 4 is 69.8 Å². The zero-order valence-electron chi connectivity index (χ0n) is 21.8. The highest BCUT2D eigenvalue weighted by Crippen LogP contribution is 2.40. The number of aromatic nitrogens is 3. The molecule has 0 unspecified atom stereocenters. The van der Waals surface area contributed by atoms with Crippen LogP contribution < -0.4 is 26.0 Å². The van der Waals surface area contributed by atoms with Crippen molar-refractivity contribution in [2.24, 2.45) is 5.92 Å². The van der Waals surface area contributed by atoms with Crippen molar-refractivity contribution in [2.75, 3.05) is 38.0 Å². The molecule has 3 amide bonds. The molecule has 1 fully saturated rings. The predicted octanol–water partition coefficient (Wildman–Crippen LogP) is 0.924. The molecule has 1 aromatic carbocycles. The third-order valence-electron chi connectivity index (χ3n) is 5.58. The molecule has 0 bridgehead atoms. The number of amides is 3. The predicted molar refractivity (Wildman–Crippen MR) is 152 cm³/mol. The topological polar surface area (TPSA) is 156 Å². The number of carbonyl (C=O) groups is 3. The summed E-state index contributed by atoms with van der Waals surface area (Å²) in [5.41, 5.74) is 0.999. The average molecular weight is 555 g/mol. The number of para-hydroxylation sites is 1. The number of nitrogens with one attached hydrogen (secondary N) is 4. The van der Waals surface area contributed by atoms with Crippen LogP contribution in [-0.2, 0) is 9.53 Å². The van der Waals surface area contributed by atoms with Crippen molar-refractivity contribution in [2.45, 2.75) is 18.1 Å². The molecule has 0 atom stereocenters. The number of carbonyl (C=O) groups excluding carboxylic acids is 3. The van der Waals surface area contributed by atoms with Gasteiger partial charge in [0.15, 0.2) is 17.3 Å². The van der Waals surface area contributed by atoms with Crippen LogP contribution in [0.4, 0.5) is 17.2 Å². The van der Waals surface area contributed by atoms with Gasteiger partial charge in [-0.2, -0.15) is 0 Å². The number of benzene rings is 1. The third-order valence-corrected chi connectivity index (χ3v) is 6.61. The molecule has 0 spiro atoms. The number of nitrogens with zero attached hydrogens (tertiary/aromatic N) is 3. The fourth-order valence-corrected chi connectivity index (χ4v) is 4.43. The van der Waals surface area contributed by atoms with E-state index >= 15 is 0 Å². The summed E-state index contributed by atoms with van der Waals surface area (Å²) < 4.78 is 10.6. The van der Waals surface area contributed by atoms with Gasteiger partial charge in [0, 0.05) is 25.6 Å². The Hall–Kier alpha value is -3.91. The maximum atomic E-state index is 12.9. The fraction of sp³-hybridized carbons (Fsp3) is 0.333. The van der Waals surface area contributed by atoms with E-state index in [1.165, 1.54) is 30.7 Å². The SMILES string of the molecule is [B]C([B])([B])NC(=O)c1nnc(NC(=O)C2CC2)cc1Nc1cccc(-c2ncc(C(=O)NCCOC)s2)c1OC. The van der Waals surface area contributed by atoms with Gasteiger partial charge in [-0.05, 0) is 25.0 Å². The summed E-state index contributed by atoms with van der Waals surface area (Å²) in [6.07, 6.45) is 3.08. The van der Waals surface area contributed by atoms with Crippen molar-refractivity contribution in [1.82, 2.24) is 25.8 Å². The molecule has 0 aliphatic heterocycles. The van der Waals surface area contributed by atoms with Gasteiger partial charge in [-0.25, -0.2) is 4.98 Å². The lowest BCUT2D eigenvalue weighted by Crippen LogP contribution is -2.50. The van der Waals surface area contributed by atoms with Gasteiger partial charge in [0.2, 0.25) is 5.91 Å². The van der Waals surface area contributed by atoms with Crippen molar-refractivity contribution in [3.05, 3.63) is 41.0 Å². The van der Waals surface area contributed by atoms with Gasteiger partial charge in [-0.1, -0.05) is 11.3 Å². The van der Waals surface area contributed by atoms with Crippen molar-refractivity contribution in [3.8, 4) is 16.3 Å². The van der Waals surface area contributed by atoms with Crippen molar-refractivity contribution < 1.29 is 23.9 Å². The quantitative estimate of drug-likeness (QED) is 0.189. The van der Waals surface area contributed by atoms with E-state index in [2.05, 4.69) is 36.4 Å². The lowest BCUT2D eigenvalue weighted by atomic mass is 9.49. The van der Waals surface area contributed by atoms with Gasteiger partial charge in [-0.15, -0.1) is 21.5 Å². The van der Waals surface area contributed by atoms with Gasteiger partial charge < -0.3 is 30.7 Å². The monoisotopic (exact) mass is 555 g/mol. The Morgan fingerprint density at radius 1 is 1.10 bits per heavy atom.